The predicted octanol–water partition coefficient (Wildman–Crippen LogP) is 1.60. The van der Waals surface area contributed by atoms with Crippen molar-refractivity contribution >= 4 is 23.4 Å². The lowest BCUT2D eigenvalue weighted by Crippen LogP contribution is -2.08. The number of hydrogen-bond acceptors (Lipinski definition) is 5. The highest BCUT2D eigenvalue weighted by Crippen LogP contribution is 2.24. The summed E-state index contributed by atoms with van der Waals surface area (Å²) in [5.41, 5.74) is 5.94. The number of nitrogens with two attached hydrogens (primary N) is 1. The fourth-order valence-electron chi connectivity index (χ4n) is 1.61. The maximum atomic E-state index is 11.5. The molecule has 0 saturated heterocycles. The number of nitrogen functional groups attached to an aromatic ring is 1. The Morgan fingerprint density at radius 1 is 1.56 bits per heavy atom. The number of imidazole rings is 1. The average Bonchev–Trinajstić information content (AvgIpc) is 2.65. The summed E-state index contributed by atoms with van der Waals surface area (Å²) in [7, 11) is 1.27. The van der Waals surface area contributed by atoms with Gasteiger partial charge in [0.15, 0.2) is 11.5 Å². The highest BCUT2D eigenvalue weighted by molar-refractivity contribution is 6.32. The number of anilines is 1. The summed E-state index contributed by atoms with van der Waals surface area (Å²) >= 11 is 6.04. The average molecular weight is 267 g/mol. The fourth-order valence-corrected chi connectivity index (χ4v) is 1.81. The third-order valence-corrected chi connectivity index (χ3v) is 2.71. The second kappa shape index (κ2) is 4.66. The first-order chi connectivity index (χ1) is 8.56. The number of aryl methyl sites for hydroxylation is 1. The maximum Gasteiger partial charge on any atom is 0.360 e. The molecule has 18 heavy (non-hydrogen) atoms. The van der Waals surface area contributed by atoms with E-state index >= 15 is 0 Å². The molecule has 0 fully saturated rings. The Balaban J connectivity index is 2.63. The molecular weight excluding hydrogens is 256 g/mol. The van der Waals surface area contributed by atoms with Gasteiger partial charge in [0.05, 0.1) is 12.1 Å². The van der Waals surface area contributed by atoms with Crippen LogP contribution >= 0.6 is 11.6 Å². The van der Waals surface area contributed by atoms with Crippen LogP contribution in [-0.2, 0) is 4.74 Å². The van der Waals surface area contributed by atoms with Crippen molar-refractivity contribution in [2.24, 2.45) is 0 Å². The molecule has 0 spiro atoms. The topological polar surface area (TPSA) is 83.0 Å². The minimum Gasteiger partial charge on any atom is -0.464 e. The monoisotopic (exact) mass is 266 g/mol. The summed E-state index contributed by atoms with van der Waals surface area (Å²) in [6.45, 7) is 1.70. The minimum absolute atomic E-state index is 0.0525. The summed E-state index contributed by atoms with van der Waals surface area (Å²) in [4.78, 5) is 19.7. The zero-order valence-corrected chi connectivity index (χ0v) is 10.6. The molecule has 2 heterocycles. The van der Waals surface area contributed by atoms with Crippen molar-refractivity contribution in [2.45, 2.75) is 6.92 Å². The van der Waals surface area contributed by atoms with Crippen molar-refractivity contribution in [3.8, 4) is 5.82 Å². The molecule has 0 aliphatic rings. The number of carbonyl (C=O) groups excluding carboxylic acids is 1. The van der Waals surface area contributed by atoms with Crippen LogP contribution in [0.2, 0.25) is 5.02 Å². The molecule has 0 saturated carbocycles. The molecule has 2 rings (SSSR count). The Morgan fingerprint density at radius 2 is 2.28 bits per heavy atom. The Labute approximate surface area is 108 Å². The van der Waals surface area contributed by atoms with Crippen LogP contribution in [0.1, 0.15) is 16.3 Å². The maximum absolute atomic E-state index is 11.5. The molecule has 0 aliphatic heterocycles. The summed E-state index contributed by atoms with van der Waals surface area (Å²) < 4.78 is 6.11. The largest absolute Gasteiger partial charge is 0.464 e. The van der Waals surface area contributed by atoms with Crippen molar-refractivity contribution in [3.05, 3.63) is 34.9 Å². The van der Waals surface area contributed by atoms with E-state index in [1.807, 2.05) is 0 Å². The number of methoxy groups -OCH3 is 1. The summed E-state index contributed by atoms with van der Waals surface area (Å²) in [6, 6.07) is 3.39. The zero-order chi connectivity index (χ0) is 13.3. The number of pyridine rings is 1. The van der Waals surface area contributed by atoms with Gasteiger partial charge in [-0.3, -0.25) is 4.57 Å². The molecule has 0 aliphatic carbocycles. The Kier molecular flexibility index (Phi) is 3.20. The highest BCUT2D eigenvalue weighted by atomic mass is 35.5. The molecule has 0 aromatic carbocycles. The molecule has 0 unspecified atom stereocenters. The fraction of sp³-hybridized carbons (Fsp3) is 0.182. The summed E-state index contributed by atoms with van der Waals surface area (Å²) in [5.74, 6) is 0.492. The molecule has 0 atom stereocenters. The van der Waals surface area contributed by atoms with E-state index < -0.39 is 5.97 Å². The number of halogens is 1. The molecule has 0 amide bonds. The first-order valence-corrected chi connectivity index (χ1v) is 5.48. The van der Waals surface area contributed by atoms with E-state index in [2.05, 4.69) is 14.7 Å². The van der Waals surface area contributed by atoms with Gasteiger partial charge in [0.25, 0.3) is 0 Å². The normalized spacial score (nSPS) is 10.4. The molecule has 2 N–H and O–H groups in total. The van der Waals surface area contributed by atoms with Crippen LogP contribution in [0.4, 0.5) is 5.82 Å². The molecule has 2 aromatic rings. The minimum atomic E-state index is -0.596. The lowest BCUT2D eigenvalue weighted by molar-refractivity contribution is 0.0596. The lowest BCUT2D eigenvalue weighted by Gasteiger charge is -2.07. The van der Waals surface area contributed by atoms with Crippen LogP contribution in [0, 0.1) is 6.92 Å². The standard InChI is InChI=1S/C11H11ClN4O2/c1-6-15-8(11(17)18-2)9(13)16(6)10-7(12)4-3-5-14-10/h3-5H,13H2,1-2H3. The van der Waals surface area contributed by atoms with E-state index in [-0.39, 0.29) is 11.5 Å². The Hall–Kier alpha value is -2.08. The number of nitrogens with zero attached hydrogens (tertiary/aromatic N) is 3. The van der Waals surface area contributed by atoms with Gasteiger partial charge in [0, 0.05) is 6.20 Å². The second-order valence-corrected chi connectivity index (χ2v) is 3.94. The number of carbonyl (C=O) groups is 1. The first kappa shape index (κ1) is 12.4. The lowest BCUT2D eigenvalue weighted by atomic mass is 10.4. The smallest absolute Gasteiger partial charge is 0.360 e. The van der Waals surface area contributed by atoms with Crippen molar-refractivity contribution in [2.75, 3.05) is 12.8 Å². The number of rotatable bonds is 2. The van der Waals surface area contributed by atoms with Gasteiger partial charge in [-0.1, -0.05) is 11.6 Å². The summed E-state index contributed by atoms with van der Waals surface area (Å²) in [6.07, 6.45) is 1.58. The van der Waals surface area contributed by atoms with Crippen LogP contribution < -0.4 is 5.73 Å². The van der Waals surface area contributed by atoms with Crippen LogP contribution in [0.15, 0.2) is 18.3 Å². The van der Waals surface area contributed by atoms with Crippen molar-refractivity contribution in [3.63, 3.8) is 0 Å². The van der Waals surface area contributed by atoms with Crippen molar-refractivity contribution < 1.29 is 9.53 Å². The van der Waals surface area contributed by atoms with Gasteiger partial charge < -0.3 is 10.5 Å². The van der Waals surface area contributed by atoms with Crippen LogP contribution in [0.25, 0.3) is 5.82 Å². The molecule has 6 nitrogen and oxygen atoms in total. The van der Waals surface area contributed by atoms with E-state index in [4.69, 9.17) is 17.3 Å². The SMILES string of the molecule is COC(=O)c1nc(C)n(-c2ncccc2Cl)c1N. The quantitative estimate of drug-likeness (QED) is 0.835. The third kappa shape index (κ3) is 1.91. The number of ether oxygens (including phenoxy) is 1. The summed E-state index contributed by atoms with van der Waals surface area (Å²) in [5, 5.41) is 0.418. The van der Waals surface area contributed by atoms with Gasteiger partial charge in [0.1, 0.15) is 11.6 Å². The number of hydrogen-bond donors (Lipinski definition) is 1. The van der Waals surface area contributed by atoms with E-state index in [0.717, 1.165) is 0 Å². The van der Waals surface area contributed by atoms with E-state index in [1.54, 1.807) is 25.3 Å². The van der Waals surface area contributed by atoms with Crippen LogP contribution in [0.5, 0.6) is 0 Å². The Morgan fingerprint density at radius 3 is 2.89 bits per heavy atom. The molecule has 2 aromatic heterocycles. The van der Waals surface area contributed by atoms with Crippen molar-refractivity contribution in [1.82, 2.24) is 14.5 Å². The van der Waals surface area contributed by atoms with Crippen molar-refractivity contribution in [1.29, 1.82) is 0 Å². The van der Waals surface area contributed by atoms with E-state index in [0.29, 0.717) is 16.7 Å². The van der Waals surface area contributed by atoms with Gasteiger partial charge in [-0.25, -0.2) is 14.8 Å². The van der Waals surface area contributed by atoms with E-state index in [1.165, 1.54) is 11.7 Å². The van der Waals surface area contributed by atoms with Gasteiger partial charge in [-0.2, -0.15) is 0 Å². The van der Waals surface area contributed by atoms with E-state index in [9.17, 15) is 4.79 Å². The van der Waals surface area contributed by atoms with Gasteiger partial charge in [-0.15, -0.1) is 0 Å². The molecule has 7 heteroatoms. The number of esters is 1. The third-order valence-electron chi connectivity index (χ3n) is 2.41. The molecule has 0 radical (unpaired) electrons. The van der Waals surface area contributed by atoms with Gasteiger partial charge in [0.2, 0.25) is 0 Å². The highest BCUT2D eigenvalue weighted by Gasteiger charge is 2.21. The Bertz CT molecular complexity index is 609. The predicted molar refractivity (Wildman–Crippen MR) is 66.9 cm³/mol. The second-order valence-electron chi connectivity index (χ2n) is 3.53. The van der Waals surface area contributed by atoms with Crippen LogP contribution in [-0.4, -0.2) is 27.6 Å². The number of aromatic nitrogens is 3. The van der Waals surface area contributed by atoms with Gasteiger partial charge in [-0.05, 0) is 19.1 Å². The van der Waals surface area contributed by atoms with Gasteiger partial charge >= 0.3 is 5.97 Å². The molecular formula is C11H11ClN4O2. The first-order valence-electron chi connectivity index (χ1n) is 5.10. The van der Waals surface area contributed by atoms with Crippen LogP contribution in [0.3, 0.4) is 0 Å². The molecule has 94 valence electrons. The molecule has 0 bridgehead atoms. The zero-order valence-electron chi connectivity index (χ0n) is 9.85.